The van der Waals surface area contributed by atoms with E-state index in [-0.39, 0.29) is 10.8 Å². The number of hydrogen-bond acceptors (Lipinski definition) is 4. The third-order valence-electron chi connectivity index (χ3n) is 3.22. The van der Waals surface area contributed by atoms with E-state index in [2.05, 4.69) is 15.1 Å². The third kappa shape index (κ3) is 2.54. The second-order valence-electron chi connectivity index (χ2n) is 4.55. The summed E-state index contributed by atoms with van der Waals surface area (Å²) in [5.41, 5.74) is 0.727. The molecule has 19 heavy (non-hydrogen) atoms. The van der Waals surface area contributed by atoms with Crippen molar-refractivity contribution in [3.05, 3.63) is 39.9 Å². The van der Waals surface area contributed by atoms with Gasteiger partial charge in [0.25, 0.3) is 0 Å². The third-order valence-corrected chi connectivity index (χ3v) is 3.73. The highest BCUT2D eigenvalue weighted by molar-refractivity contribution is 6.35. The van der Waals surface area contributed by atoms with Gasteiger partial charge in [-0.1, -0.05) is 23.2 Å². The molecule has 2 heterocycles. The van der Waals surface area contributed by atoms with E-state index in [9.17, 15) is 5.11 Å². The normalized spacial score (nSPS) is 15.5. The van der Waals surface area contributed by atoms with Crippen molar-refractivity contribution in [3.8, 4) is 5.75 Å². The number of rotatable bonds is 2. The van der Waals surface area contributed by atoms with Crippen LogP contribution in [0.25, 0.3) is 0 Å². The van der Waals surface area contributed by atoms with Gasteiger partial charge in [0.2, 0.25) is 0 Å². The summed E-state index contributed by atoms with van der Waals surface area (Å²) in [4.78, 5) is 2.17. The predicted octanol–water partition coefficient (Wildman–Crippen LogP) is 2.31. The first-order valence-electron chi connectivity index (χ1n) is 5.89. The van der Waals surface area contributed by atoms with E-state index >= 15 is 0 Å². The highest BCUT2D eigenvalue weighted by Crippen LogP contribution is 2.32. The van der Waals surface area contributed by atoms with E-state index < -0.39 is 0 Å². The molecule has 1 N–H and O–H groups in total. The maximum atomic E-state index is 9.96. The van der Waals surface area contributed by atoms with Crippen LogP contribution in [0.4, 0.5) is 0 Å². The van der Waals surface area contributed by atoms with Crippen LogP contribution in [0, 0.1) is 0 Å². The first kappa shape index (κ1) is 12.7. The van der Waals surface area contributed by atoms with E-state index in [0.29, 0.717) is 18.1 Å². The lowest BCUT2D eigenvalue weighted by Crippen LogP contribution is -2.33. The van der Waals surface area contributed by atoms with Crippen molar-refractivity contribution < 1.29 is 5.11 Å². The summed E-state index contributed by atoms with van der Waals surface area (Å²) in [6, 6.07) is 3.27. The van der Waals surface area contributed by atoms with Crippen molar-refractivity contribution in [3.63, 3.8) is 0 Å². The number of phenols is 1. The quantitative estimate of drug-likeness (QED) is 0.924. The van der Waals surface area contributed by atoms with E-state index in [1.165, 1.54) is 6.07 Å². The van der Waals surface area contributed by atoms with Gasteiger partial charge in [-0.2, -0.15) is 0 Å². The van der Waals surface area contributed by atoms with Crippen LogP contribution in [0.5, 0.6) is 5.75 Å². The van der Waals surface area contributed by atoms with Gasteiger partial charge in [0.1, 0.15) is 17.9 Å². The number of fused-ring (bicyclic) bond motifs is 1. The second-order valence-corrected chi connectivity index (χ2v) is 5.39. The van der Waals surface area contributed by atoms with Gasteiger partial charge >= 0.3 is 0 Å². The summed E-state index contributed by atoms with van der Waals surface area (Å²) in [5, 5.41) is 18.7. The molecular weight excluding hydrogens is 287 g/mol. The lowest BCUT2D eigenvalue weighted by molar-refractivity contribution is 0.206. The van der Waals surface area contributed by atoms with E-state index in [4.69, 9.17) is 23.2 Å². The molecule has 1 aromatic heterocycles. The molecule has 7 heteroatoms. The molecule has 1 aromatic carbocycles. The number of aromatic nitrogens is 3. The Labute approximate surface area is 120 Å². The predicted molar refractivity (Wildman–Crippen MR) is 72.3 cm³/mol. The fourth-order valence-corrected chi connectivity index (χ4v) is 2.77. The monoisotopic (exact) mass is 298 g/mol. The molecule has 100 valence electrons. The zero-order chi connectivity index (χ0) is 13.4. The highest BCUT2D eigenvalue weighted by atomic mass is 35.5. The van der Waals surface area contributed by atoms with Gasteiger partial charge in [0, 0.05) is 30.2 Å². The fraction of sp³-hybridized carbons (Fsp3) is 0.333. The fourth-order valence-electron chi connectivity index (χ4n) is 2.23. The maximum Gasteiger partial charge on any atom is 0.147 e. The standard InChI is InChI=1S/C12H12Cl2N4O/c13-9-3-8(12(19)10(14)4-9)5-17-1-2-18-7-15-16-11(18)6-17/h3-4,7,19H,1-2,5-6H2. The Balaban J connectivity index is 1.80. The van der Waals surface area contributed by atoms with Gasteiger partial charge in [-0.3, -0.25) is 4.90 Å². The van der Waals surface area contributed by atoms with E-state index in [1.54, 1.807) is 12.4 Å². The first-order chi connectivity index (χ1) is 9.13. The molecule has 0 radical (unpaired) electrons. The Kier molecular flexibility index (Phi) is 3.35. The SMILES string of the molecule is Oc1c(Cl)cc(Cl)cc1CN1CCn2cnnc2C1. The van der Waals surface area contributed by atoms with E-state index in [0.717, 1.165) is 24.5 Å². The molecule has 2 aromatic rings. The van der Waals surface area contributed by atoms with Crippen molar-refractivity contribution in [2.24, 2.45) is 0 Å². The van der Waals surface area contributed by atoms with Crippen LogP contribution < -0.4 is 0 Å². The number of hydrogen-bond donors (Lipinski definition) is 1. The van der Waals surface area contributed by atoms with Crippen LogP contribution in [-0.2, 0) is 19.6 Å². The number of nitrogens with zero attached hydrogens (tertiary/aromatic N) is 4. The van der Waals surface area contributed by atoms with Crippen LogP contribution in [-0.4, -0.2) is 31.3 Å². The summed E-state index contributed by atoms with van der Waals surface area (Å²) in [6.07, 6.45) is 1.74. The lowest BCUT2D eigenvalue weighted by Gasteiger charge is -2.27. The summed E-state index contributed by atoms with van der Waals surface area (Å²) >= 11 is 11.9. The minimum atomic E-state index is 0.0955. The van der Waals surface area contributed by atoms with E-state index in [1.807, 2.05) is 4.57 Å². The van der Waals surface area contributed by atoms with Crippen LogP contribution in [0.2, 0.25) is 10.0 Å². The summed E-state index contributed by atoms with van der Waals surface area (Å²) in [6.45, 7) is 2.99. The maximum absolute atomic E-state index is 9.96. The van der Waals surface area contributed by atoms with Crippen molar-refractivity contribution in [2.45, 2.75) is 19.6 Å². The number of halogens is 2. The van der Waals surface area contributed by atoms with Crippen LogP contribution in [0.3, 0.4) is 0 Å². The molecule has 1 aliphatic rings. The Morgan fingerprint density at radius 3 is 2.95 bits per heavy atom. The van der Waals surface area contributed by atoms with Gasteiger partial charge < -0.3 is 9.67 Å². The van der Waals surface area contributed by atoms with Gasteiger partial charge in [0.15, 0.2) is 0 Å². The molecule has 0 bridgehead atoms. The van der Waals surface area contributed by atoms with Gasteiger partial charge in [-0.15, -0.1) is 10.2 Å². The van der Waals surface area contributed by atoms with Crippen molar-refractivity contribution in [2.75, 3.05) is 6.54 Å². The summed E-state index contributed by atoms with van der Waals surface area (Å²) in [5.74, 6) is 1.02. The zero-order valence-corrected chi connectivity index (χ0v) is 11.6. The van der Waals surface area contributed by atoms with Crippen molar-refractivity contribution in [1.82, 2.24) is 19.7 Å². The number of phenolic OH excluding ortho intramolecular Hbond substituents is 1. The Morgan fingerprint density at radius 1 is 1.26 bits per heavy atom. The molecule has 0 amide bonds. The average Bonchev–Trinajstić information content (AvgIpc) is 2.82. The first-order valence-corrected chi connectivity index (χ1v) is 6.65. The zero-order valence-electron chi connectivity index (χ0n) is 10.1. The topological polar surface area (TPSA) is 54.2 Å². The van der Waals surface area contributed by atoms with Gasteiger partial charge in [-0.05, 0) is 12.1 Å². The van der Waals surface area contributed by atoms with Crippen LogP contribution >= 0.6 is 23.2 Å². The molecule has 0 atom stereocenters. The molecule has 3 rings (SSSR count). The van der Waals surface area contributed by atoms with Crippen molar-refractivity contribution >= 4 is 23.2 Å². The summed E-state index contributed by atoms with van der Waals surface area (Å²) < 4.78 is 2.03. The smallest absolute Gasteiger partial charge is 0.147 e. The summed E-state index contributed by atoms with van der Waals surface area (Å²) in [7, 11) is 0. The molecule has 5 nitrogen and oxygen atoms in total. The Hall–Kier alpha value is -1.30. The van der Waals surface area contributed by atoms with Gasteiger partial charge in [0.05, 0.1) is 11.6 Å². The minimum absolute atomic E-state index is 0.0955. The molecule has 0 aliphatic carbocycles. The highest BCUT2D eigenvalue weighted by Gasteiger charge is 2.19. The number of benzene rings is 1. The molecule has 0 spiro atoms. The van der Waals surface area contributed by atoms with Crippen molar-refractivity contribution in [1.29, 1.82) is 0 Å². The Bertz CT molecular complexity index is 614. The molecule has 0 fully saturated rings. The average molecular weight is 299 g/mol. The molecular formula is C12H12Cl2N4O. The second kappa shape index (κ2) is 5.00. The largest absolute Gasteiger partial charge is 0.506 e. The number of aromatic hydroxyl groups is 1. The molecule has 0 unspecified atom stereocenters. The lowest BCUT2D eigenvalue weighted by atomic mass is 10.1. The van der Waals surface area contributed by atoms with Crippen LogP contribution in [0.15, 0.2) is 18.5 Å². The molecule has 0 saturated heterocycles. The minimum Gasteiger partial charge on any atom is -0.506 e. The van der Waals surface area contributed by atoms with Gasteiger partial charge in [-0.25, -0.2) is 0 Å². The van der Waals surface area contributed by atoms with Crippen LogP contribution in [0.1, 0.15) is 11.4 Å². The molecule has 0 saturated carbocycles. The Morgan fingerprint density at radius 2 is 2.11 bits per heavy atom. The molecule has 1 aliphatic heterocycles.